The van der Waals surface area contributed by atoms with E-state index in [1.807, 2.05) is 30.3 Å². The Bertz CT molecular complexity index is 1190. The molecule has 4 aromatic rings. The summed E-state index contributed by atoms with van der Waals surface area (Å²) in [6, 6.07) is 12.0. The lowest BCUT2D eigenvalue weighted by Gasteiger charge is -2.37. The highest BCUT2D eigenvalue weighted by Crippen LogP contribution is 2.37. The van der Waals surface area contributed by atoms with Crippen LogP contribution in [-0.4, -0.2) is 36.1 Å². The molecule has 0 radical (unpaired) electrons. The minimum Gasteiger partial charge on any atom is -0.494 e. The Labute approximate surface area is 169 Å². The first-order valence-electron chi connectivity index (χ1n) is 8.97. The van der Waals surface area contributed by atoms with Crippen molar-refractivity contribution < 1.29 is 9.53 Å². The first kappa shape index (κ1) is 17.4. The van der Waals surface area contributed by atoms with Gasteiger partial charge in [0.05, 0.1) is 27.9 Å². The molecule has 5 rings (SSSR count). The topological polar surface area (TPSA) is 67.3 Å². The third-order valence-corrected chi connectivity index (χ3v) is 6.90. The number of rotatable bonds is 4. The summed E-state index contributed by atoms with van der Waals surface area (Å²) < 4.78 is 7.57. The quantitative estimate of drug-likeness (QED) is 0.543. The van der Waals surface area contributed by atoms with E-state index in [1.165, 1.54) is 16.9 Å². The first-order chi connectivity index (χ1) is 13.6. The third-order valence-electron chi connectivity index (χ3n) is 4.89. The summed E-state index contributed by atoms with van der Waals surface area (Å²) in [4.78, 5) is 23.9. The highest BCUT2D eigenvalue weighted by atomic mass is 32.1. The maximum Gasteiger partial charge on any atom is 0.232 e. The maximum atomic E-state index is 12.6. The van der Waals surface area contributed by atoms with Crippen molar-refractivity contribution in [3.63, 3.8) is 0 Å². The fourth-order valence-electron chi connectivity index (χ4n) is 3.30. The number of amides is 1. The molecule has 2 aromatic heterocycles. The lowest BCUT2D eigenvalue weighted by Crippen LogP contribution is -2.52. The zero-order chi connectivity index (χ0) is 19.3. The van der Waals surface area contributed by atoms with Crippen LogP contribution in [0.15, 0.2) is 36.4 Å². The molecule has 28 heavy (non-hydrogen) atoms. The van der Waals surface area contributed by atoms with Crippen LogP contribution in [0, 0.1) is 12.8 Å². The second kappa shape index (κ2) is 6.72. The molecule has 0 saturated carbocycles. The van der Waals surface area contributed by atoms with E-state index in [2.05, 4.69) is 28.2 Å². The second-order valence-corrected chi connectivity index (χ2v) is 8.92. The Morgan fingerprint density at radius 1 is 1.18 bits per heavy atom. The van der Waals surface area contributed by atoms with Gasteiger partial charge in [-0.15, -0.1) is 0 Å². The van der Waals surface area contributed by atoms with Crippen LogP contribution >= 0.6 is 22.7 Å². The second-order valence-electron chi connectivity index (χ2n) is 6.88. The Morgan fingerprint density at radius 2 is 2.04 bits per heavy atom. The molecule has 0 spiro atoms. The number of carbonyl (C=O) groups is 1. The van der Waals surface area contributed by atoms with Crippen LogP contribution in [0.5, 0.6) is 5.75 Å². The Kier molecular flexibility index (Phi) is 4.17. The number of nitrogens with zero attached hydrogens (tertiary/aromatic N) is 3. The first-order valence-corrected chi connectivity index (χ1v) is 10.6. The lowest BCUT2D eigenvalue weighted by atomic mass is 10.0. The van der Waals surface area contributed by atoms with Crippen LogP contribution in [0.2, 0.25) is 0 Å². The molecule has 3 heterocycles. The zero-order valence-corrected chi connectivity index (χ0v) is 17.1. The van der Waals surface area contributed by atoms with E-state index in [0.717, 1.165) is 31.3 Å². The highest BCUT2D eigenvalue weighted by molar-refractivity contribution is 7.22. The molecule has 142 valence electrons. The molecule has 1 amide bonds. The molecule has 1 aliphatic heterocycles. The number of para-hydroxylation sites is 1. The van der Waals surface area contributed by atoms with Crippen molar-refractivity contribution in [2.75, 3.05) is 30.4 Å². The molecule has 0 bridgehead atoms. The number of hydrogen-bond acceptors (Lipinski definition) is 7. The fraction of sp³-hybridized carbons (Fsp3) is 0.250. The smallest absolute Gasteiger partial charge is 0.232 e. The van der Waals surface area contributed by atoms with Crippen molar-refractivity contribution in [1.29, 1.82) is 0 Å². The van der Waals surface area contributed by atoms with Crippen molar-refractivity contribution in [2.24, 2.45) is 5.92 Å². The van der Waals surface area contributed by atoms with Gasteiger partial charge in [0, 0.05) is 13.1 Å². The van der Waals surface area contributed by atoms with E-state index in [4.69, 9.17) is 9.72 Å². The summed E-state index contributed by atoms with van der Waals surface area (Å²) in [6.07, 6.45) is 0. The van der Waals surface area contributed by atoms with Crippen molar-refractivity contribution in [3.05, 3.63) is 42.0 Å². The summed E-state index contributed by atoms with van der Waals surface area (Å²) >= 11 is 3.14. The van der Waals surface area contributed by atoms with Crippen LogP contribution in [0.4, 0.5) is 10.3 Å². The van der Waals surface area contributed by atoms with Crippen LogP contribution < -0.4 is 15.0 Å². The van der Waals surface area contributed by atoms with Crippen LogP contribution in [0.1, 0.15) is 5.56 Å². The van der Waals surface area contributed by atoms with Gasteiger partial charge in [-0.3, -0.25) is 4.79 Å². The Hall–Kier alpha value is -2.71. The summed E-state index contributed by atoms with van der Waals surface area (Å²) in [5.74, 6) is 0.745. The van der Waals surface area contributed by atoms with Crippen LogP contribution in [0.3, 0.4) is 0 Å². The summed E-state index contributed by atoms with van der Waals surface area (Å²) in [5, 5.41) is 4.56. The van der Waals surface area contributed by atoms with Gasteiger partial charge in [0.2, 0.25) is 5.91 Å². The standard InChI is InChI=1S/C20H18N4O2S2/c1-11-6-7-13-16(8-11)27-19(21-13)23-18(25)12-9-24(10-12)20-22-17-14(26-2)4-3-5-15(17)28-20/h3-8,12H,9-10H2,1-2H3,(H,21,23,25). The van der Waals surface area contributed by atoms with Gasteiger partial charge in [-0.25, -0.2) is 9.97 Å². The van der Waals surface area contributed by atoms with Gasteiger partial charge in [0.15, 0.2) is 10.3 Å². The van der Waals surface area contributed by atoms with Crippen molar-refractivity contribution in [2.45, 2.75) is 6.92 Å². The lowest BCUT2D eigenvalue weighted by molar-refractivity contribution is -0.120. The molecule has 1 fully saturated rings. The van der Waals surface area contributed by atoms with Gasteiger partial charge >= 0.3 is 0 Å². The van der Waals surface area contributed by atoms with Gasteiger partial charge < -0.3 is 15.0 Å². The highest BCUT2D eigenvalue weighted by Gasteiger charge is 2.35. The minimum absolute atomic E-state index is 0.0192. The molecule has 0 aliphatic carbocycles. The number of nitrogens with one attached hydrogen (secondary N) is 1. The molecule has 0 unspecified atom stereocenters. The molecule has 1 aliphatic rings. The number of fused-ring (bicyclic) bond motifs is 2. The number of benzene rings is 2. The number of ether oxygens (including phenoxy) is 1. The molecule has 8 heteroatoms. The SMILES string of the molecule is COc1cccc2sc(N3CC(C(=O)Nc4nc5ccc(C)cc5s4)C3)nc12. The van der Waals surface area contributed by atoms with E-state index < -0.39 is 0 Å². The van der Waals surface area contributed by atoms with Crippen molar-refractivity contribution in [1.82, 2.24) is 9.97 Å². The van der Waals surface area contributed by atoms with Crippen molar-refractivity contribution in [3.8, 4) is 5.75 Å². The Balaban J connectivity index is 1.26. The van der Waals surface area contributed by atoms with E-state index in [1.54, 1.807) is 18.4 Å². The van der Waals surface area contributed by atoms with Crippen LogP contribution in [-0.2, 0) is 4.79 Å². The summed E-state index contributed by atoms with van der Waals surface area (Å²) in [7, 11) is 1.65. The normalized spacial score (nSPS) is 14.4. The van der Waals surface area contributed by atoms with Gasteiger partial charge in [-0.2, -0.15) is 0 Å². The molecule has 2 aromatic carbocycles. The summed E-state index contributed by atoms with van der Waals surface area (Å²) in [5.41, 5.74) is 2.99. The predicted molar refractivity (Wildman–Crippen MR) is 115 cm³/mol. The number of methoxy groups -OCH3 is 1. The van der Waals surface area contributed by atoms with E-state index in [0.29, 0.717) is 18.2 Å². The number of aryl methyl sites for hydroxylation is 1. The van der Waals surface area contributed by atoms with Gasteiger partial charge in [0.25, 0.3) is 0 Å². The van der Waals surface area contributed by atoms with Crippen molar-refractivity contribution >= 4 is 59.3 Å². The average molecular weight is 411 g/mol. The van der Waals surface area contributed by atoms with E-state index in [9.17, 15) is 4.79 Å². The molecular weight excluding hydrogens is 392 g/mol. The molecule has 1 N–H and O–H groups in total. The molecule has 6 nitrogen and oxygen atoms in total. The fourth-order valence-corrected chi connectivity index (χ4v) is 5.27. The largest absolute Gasteiger partial charge is 0.494 e. The average Bonchev–Trinajstić information content (AvgIpc) is 3.22. The summed E-state index contributed by atoms with van der Waals surface area (Å²) in [6.45, 7) is 3.38. The zero-order valence-electron chi connectivity index (χ0n) is 15.4. The number of anilines is 2. The van der Waals surface area contributed by atoms with E-state index >= 15 is 0 Å². The number of carbonyl (C=O) groups excluding carboxylic acids is 1. The molecular formula is C20H18N4O2S2. The Morgan fingerprint density at radius 3 is 2.86 bits per heavy atom. The number of thiazole rings is 2. The van der Waals surface area contributed by atoms with Crippen LogP contribution in [0.25, 0.3) is 20.4 Å². The monoisotopic (exact) mass is 410 g/mol. The van der Waals surface area contributed by atoms with Gasteiger partial charge in [-0.1, -0.05) is 34.8 Å². The molecule has 1 saturated heterocycles. The minimum atomic E-state index is -0.0531. The number of aromatic nitrogens is 2. The van der Waals surface area contributed by atoms with Gasteiger partial charge in [-0.05, 0) is 36.8 Å². The molecule has 0 atom stereocenters. The predicted octanol–water partition coefficient (Wildman–Crippen LogP) is 4.30. The van der Waals surface area contributed by atoms with E-state index in [-0.39, 0.29) is 11.8 Å². The van der Waals surface area contributed by atoms with Gasteiger partial charge in [0.1, 0.15) is 11.3 Å². The maximum absolute atomic E-state index is 12.6. The third kappa shape index (κ3) is 2.98. The number of hydrogen-bond donors (Lipinski definition) is 1.